The maximum absolute atomic E-state index is 13.4. The maximum Gasteiger partial charge on any atom is 0.126 e. The van der Waals surface area contributed by atoms with Crippen LogP contribution in [0.15, 0.2) is 12.1 Å². The van der Waals surface area contributed by atoms with Crippen molar-refractivity contribution in [1.29, 1.82) is 0 Å². The molecule has 5 heteroatoms. The Balaban J connectivity index is 2.46. The third-order valence-corrected chi connectivity index (χ3v) is 4.37. The molecule has 1 aromatic rings. The molecule has 1 fully saturated rings. The smallest absolute Gasteiger partial charge is 0.126 e. The number of rotatable bonds is 2. The van der Waals surface area contributed by atoms with Crippen LogP contribution in [0.2, 0.25) is 10.0 Å². The van der Waals surface area contributed by atoms with Crippen LogP contribution in [0.5, 0.6) is 0 Å². The molecule has 0 spiro atoms. The van der Waals surface area contributed by atoms with Gasteiger partial charge < -0.3 is 10.2 Å². The minimum atomic E-state index is -0.403. The van der Waals surface area contributed by atoms with Crippen molar-refractivity contribution in [1.82, 2.24) is 5.32 Å². The lowest BCUT2D eigenvalue weighted by atomic mass is 9.92. The Morgan fingerprint density at radius 3 is 2.35 bits per heavy atom. The molecule has 1 N–H and O–H groups in total. The average molecular weight is 319 g/mol. The van der Waals surface area contributed by atoms with Gasteiger partial charge in [-0.05, 0) is 31.9 Å². The van der Waals surface area contributed by atoms with E-state index >= 15 is 0 Å². The molecule has 1 heterocycles. The van der Waals surface area contributed by atoms with Gasteiger partial charge in [0.1, 0.15) is 5.82 Å². The zero-order chi connectivity index (χ0) is 15.1. The van der Waals surface area contributed by atoms with Crippen LogP contribution in [0.3, 0.4) is 0 Å². The van der Waals surface area contributed by atoms with E-state index in [4.69, 9.17) is 23.2 Å². The minimum absolute atomic E-state index is 0.0353. The Morgan fingerprint density at radius 2 is 1.85 bits per heavy atom. The molecule has 0 saturated carbocycles. The van der Waals surface area contributed by atoms with Gasteiger partial charge in [-0.3, -0.25) is 0 Å². The first-order valence-electron chi connectivity index (χ1n) is 6.87. The van der Waals surface area contributed by atoms with E-state index in [-0.39, 0.29) is 11.6 Å². The summed E-state index contributed by atoms with van der Waals surface area (Å²) in [4.78, 5) is 2.21. The van der Waals surface area contributed by atoms with E-state index in [1.54, 1.807) is 0 Å². The Morgan fingerprint density at radius 1 is 1.30 bits per heavy atom. The molecule has 0 bridgehead atoms. The molecule has 0 aromatic heterocycles. The molecule has 20 heavy (non-hydrogen) atoms. The molecule has 1 aliphatic rings. The highest BCUT2D eigenvalue weighted by Crippen LogP contribution is 2.38. The van der Waals surface area contributed by atoms with E-state index in [9.17, 15) is 4.39 Å². The summed E-state index contributed by atoms with van der Waals surface area (Å²) in [6.07, 6.45) is 0. The van der Waals surface area contributed by atoms with Crippen molar-refractivity contribution < 1.29 is 4.39 Å². The summed E-state index contributed by atoms with van der Waals surface area (Å²) < 4.78 is 13.4. The van der Waals surface area contributed by atoms with E-state index in [1.165, 1.54) is 12.1 Å². The number of hydrogen-bond donors (Lipinski definition) is 1. The van der Waals surface area contributed by atoms with Gasteiger partial charge in [-0.15, -0.1) is 0 Å². The van der Waals surface area contributed by atoms with Crippen LogP contribution >= 0.6 is 23.2 Å². The number of benzene rings is 1. The Kier molecular flexibility index (Phi) is 4.53. The van der Waals surface area contributed by atoms with E-state index < -0.39 is 5.82 Å². The summed E-state index contributed by atoms with van der Waals surface area (Å²) in [5.74, 6) is 0.0371. The lowest BCUT2D eigenvalue weighted by Crippen LogP contribution is -2.63. The van der Waals surface area contributed by atoms with Crippen molar-refractivity contribution in [2.45, 2.75) is 39.3 Å². The quantitative estimate of drug-likeness (QED) is 0.872. The van der Waals surface area contributed by atoms with Gasteiger partial charge in [0, 0.05) is 24.7 Å². The number of anilines is 1. The summed E-state index contributed by atoms with van der Waals surface area (Å²) >= 11 is 12.5. The molecule has 2 nitrogen and oxygen atoms in total. The highest BCUT2D eigenvalue weighted by atomic mass is 35.5. The lowest BCUT2D eigenvalue weighted by molar-refractivity contribution is 0.277. The lowest BCUT2D eigenvalue weighted by Gasteiger charge is -2.48. The van der Waals surface area contributed by atoms with Crippen LogP contribution in [0.4, 0.5) is 10.1 Å². The number of halogens is 3. The fourth-order valence-corrected chi connectivity index (χ4v) is 3.42. The van der Waals surface area contributed by atoms with E-state index in [2.05, 4.69) is 37.9 Å². The minimum Gasteiger partial charge on any atom is -0.363 e. The first-order valence-corrected chi connectivity index (χ1v) is 7.63. The van der Waals surface area contributed by atoms with E-state index in [0.29, 0.717) is 16.0 Å². The molecule has 1 aliphatic heterocycles. The van der Waals surface area contributed by atoms with Crippen molar-refractivity contribution in [2.75, 3.05) is 18.0 Å². The highest BCUT2D eigenvalue weighted by molar-refractivity contribution is 6.39. The van der Waals surface area contributed by atoms with Crippen molar-refractivity contribution in [3.63, 3.8) is 0 Å². The largest absolute Gasteiger partial charge is 0.363 e. The molecule has 1 atom stereocenters. The van der Waals surface area contributed by atoms with Crippen molar-refractivity contribution >= 4 is 28.9 Å². The highest BCUT2D eigenvalue weighted by Gasteiger charge is 2.35. The predicted molar refractivity (Wildman–Crippen MR) is 84.5 cm³/mol. The number of nitrogens with zero attached hydrogens (tertiary/aromatic N) is 1. The maximum atomic E-state index is 13.4. The number of nitrogens with one attached hydrogen (secondary N) is 1. The average Bonchev–Trinajstić information content (AvgIpc) is 2.25. The Hall–Kier alpha value is -0.510. The zero-order valence-corrected chi connectivity index (χ0v) is 13.8. The molecular weight excluding hydrogens is 298 g/mol. The van der Waals surface area contributed by atoms with Crippen LogP contribution in [0.1, 0.15) is 27.7 Å². The molecule has 0 radical (unpaired) electrons. The first kappa shape index (κ1) is 15.9. The normalized spacial score (nSPS) is 22.4. The summed E-state index contributed by atoms with van der Waals surface area (Å²) in [7, 11) is 0. The second kappa shape index (κ2) is 5.70. The fraction of sp³-hybridized carbons (Fsp3) is 0.600. The van der Waals surface area contributed by atoms with Crippen molar-refractivity contribution in [2.24, 2.45) is 5.92 Å². The van der Waals surface area contributed by atoms with Crippen LogP contribution in [-0.4, -0.2) is 24.7 Å². The van der Waals surface area contributed by atoms with Crippen molar-refractivity contribution in [3.8, 4) is 0 Å². The third kappa shape index (κ3) is 3.21. The molecule has 112 valence electrons. The summed E-state index contributed by atoms with van der Waals surface area (Å²) in [5, 5.41) is 4.28. The van der Waals surface area contributed by atoms with Crippen LogP contribution in [0.25, 0.3) is 0 Å². The molecule has 1 saturated heterocycles. The van der Waals surface area contributed by atoms with Crippen molar-refractivity contribution in [3.05, 3.63) is 28.0 Å². The second-order valence-electron chi connectivity index (χ2n) is 6.42. The number of hydrogen-bond acceptors (Lipinski definition) is 2. The molecule has 1 unspecified atom stereocenters. The Labute approximate surface area is 130 Å². The number of piperazine rings is 1. The molecular formula is C15H21Cl2FN2. The van der Waals surface area contributed by atoms with Gasteiger partial charge >= 0.3 is 0 Å². The fourth-order valence-electron chi connectivity index (χ4n) is 2.74. The van der Waals surface area contributed by atoms with Gasteiger partial charge in [0.05, 0.1) is 15.7 Å². The van der Waals surface area contributed by atoms with Gasteiger partial charge in [-0.2, -0.15) is 0 Å². The summed E-state index contributed by atoms with van der Waals surface area (Å²) in [6.45, 7) is 10.3. The molecule has 0 amide bonds. The monoisotopic (exact) mass is 318 g/mol. The van der Waals surface area contributed by atoms with Gasteiger partial charge in [-0.1, -0.05) is 37.0 Å². The van der Waals surface area contributed by atoms with Crippen LogP contribution in [-0.2, 0) is 0 Å². The zero-order valence-electron chi connectivity index (χ0n) is 12.3. The summed E-state index contributed by atoms with van der Waals surface area (Å²) in [5.41, 5.74) is 0.704. The first-order chi connectivity index (χ1) is 9.21. The van der Waals surface area contributed by atoms with Gasteiger partial charge in [-0.25, -0.2) is 4.39 Å². The van der Waals surface area contributed by atoms with Gasteiger partial charge in [0.15, 0.2) is 0 Å². The topological polar surface area (TPSA) is 15.3 Å². The van der Waals surface area contributed by atoms with Gasteiger partial charge in [0.25, 0.3) is 0 Å². The molecule has 2 rings (SSSR count). The van der Waals surface area contributed by atoms with E-state index in [1.807, 2.05) is 0 Å². The standard InChI is InChI=1S/C15H21Cl2FN2/c1-9(2)13-7-19-15(3,4)8-20(13)14-11(16)5-10(18)6-12(14)17/h5-6,9,13,19H,7-8H2,1-4H3. The Bertz CT molecular complexity index is 480. The van der Waals surface area contributed by atoms with Crippen LogP contribution in [0, 0.1) is 11.7 Å². The molecule has 1 aromatic carbocycles. The predicted octanol–water partition coefficient (Wildman–Crippen LogP) is 4.35. The van der Waals surface area contributed by atoms with E-state index in [0.717, 1.165) is 18.8 Å². The molecule has 0 aliphatic carbocycles. The SMILES string of the molecule is CC(C)C1CNC(C)(C)CN1c1c(Cl)cc(F)cc1Cl. The third-order valence-electron chi connectivity index (χ3n) is 3.79. The second-order valence-corrected chi connectivity index (χ2v) is 7.24. The van der Waals surface area contributed by atoms with Crippen LogP contribution < -0.4 is 10.2 Å². The van der Waals surface area contributed by atoms with Gasteiger partial charge in [0.2, 0.25) is 0 Å². The summed E-state index contributed by atoms with van der Waals surface area (Å²) in [6, 6.07) is 2.94.